The van der Waals surface area contributed by atoms with Gasteiger partial charge >= 0.3 is 0 Å². The summed E-state index contributed by atoms with van der Waals surface area (Å²) in [7, 11) is 0. The molecule has 0 aliphatic rings. The molecule has 0 aliphatic heterocycles. The molecule has 0 aliphatic carbocycles. The molecule has 1 unspecified atom stereocenters. The van der Waals surface area contributed by atoms with Gasteiger partial charge in [0.2, 0.25) is 0 Å². The molecule has 1 N–H and O–H groups in total. The first-order valence-corrected chi connectivity index (χ1v) is 8.03. The Morgan fingerprint density at radius 2 is 1.87 bits per heavy atom. The maximum Gasteiger partial charge on any atom is 0.195 e. The van der Waals surface area contributed by atoms with Crippen LogP contribution in [0.1, 0.15) is 17.2 Å². The van der Waals surface area contributed by atoms with Gasteiger partial charge in [-0.1, -0.05) is 42.1 Å². The van der Waals surface area contributed by atoms with Gasteiger partial charge in [-0.2, -0.15) is 5.26 Å². The van der Waals surface area contributed by atoms with Crippen molar-refractivity contribution >= 4 is 11.8 Å². The summed E-state index contributed by atoms with van der Waals surface area (Å²) in [5, 5.41) is 27.9. The number of hydrogen-bond acceptors (Lipinski definition) is 5. The Kier molecular flexibility index (Phi) is 4.71. The van der Waals surface area contributed by atoms with Crippen LogP contribution in [0.2, 0.25) is 0 Å². The highest BCUT2D eigenvalue weighted by atomic mass is 32.2. The number of aliphatic hydroxyl groups is 1. The van der Waals surface area contributed by atoms with E-state index in [4.69, 9.17) is 5.26 Å². The summed E-state index contributed by atoms with van der Waals surface area (Å²) in [5.41, 5.74) is 2.34. The molecule has 23 heavy (non-hydrogen) atoms. The second-order valence-electron chi connectivity index (χ2n) is 4.88. The smallest absolute Gasteiger partial charge is 0.195 e. The number of rotatable bonds is 5. The molecule has 0 bridgehead atoms. The van der Waals surface area contributed by atoms with Crippen LogP contribution in [0.5, 0.6) is 0 Å². The summed E-state index contributed by atoms with van der Waals surface area (Å²) in [5.74, 6) is 0.456. The quantitative estimate of drug-likeness (QED) is 0.731. The highest BCUT2D eigenvalue weighted by molar-refractivity contribution is 7.99. The van der Waals surface area contributed by atoms with Gasteiger partial charge in [0.1, 0.15) is 6.33 Å². The molecule has 0 saturated heterocycles. The molecule has 5 nitrogen and oxygen atoms in total. The Morgan fingerprint density at radius 3 is 2.57 bits per heavy atom. The van der Waals surface area contributed by atoms with Crippen LogP contribution in [0.25, 0.3) is 5.69 Å². The minimum absolute atomic E-state index is 0.456. The summed E-state index contributed by atoms with van der Waals surface area (Å²) < 4.78 is 1.89. The zero-order valence-electron chi connectivity index (χ0n) is 12.2. The zero-order valence-corrected chi connectivity index (χ0v) is 13.0. The number of hydrogen-bond donors (Lipinski definition) is 1. The highest BCUT2D eigenvalue weighted by Crippen LogP contribution is 2.25. The number of thioether (sulfide) groups is 1. The van der Waals surface area contributed by atoms with Crippen molar-refractivity contribution in [3.63, 3.8) is 0 Å². The normalized spacial score (nSPS) is 11.8. The van der Waals surface area contributed by atoms with Crippen LogP contribution in [0.15, 0.2) is 66.1 Å². The van der Waals surface area contributed by atoms with E-state index in [1.54, 1.807) is 30.6 Å². The van der Waals surface area contributed by atoms with Gasteiger partial charge in [0.25, 0.3) is 0 Å². The lowest BCUT2D eigenvalue weighted by atomic mass is 10.1. The molecule has 0 radical (unpaired) electrons. The number of benzene rings is 2. The summed E-state index contributed by atoms with van der Waals surface area (Å²) >= 11 is 1.44. The summed E-state index contributed by atoms with van der Waals surface area (Å²) in [6, 6.07) is 18.8. The van der Waals surface area contributed by atoms with Crippen molar-refractivity contribution in [3.05, 3.63) is 72.1 Å². The fourth-order valence-electron chi connectivity index (χ4n) is 2.12. The van der Waals surface area contributed by atoms with Gasteiger partial charge in [0, 0.05) is 11.4 Å². The molecule has 1 aromatic heterocycles. The van der Waals surface area contributed by atoms with E-state index >= 15 is 0 Å². The fraction of sp³-hybridized carbons (Fsp3) is 0.118. The van der Waals surface area contributed by atoms with E-state index in [-0.39, 0.29) is 0 Å². The number of aliphatic hydroxyl groups excluding tert-OH is 1. The van der Waals surface area contributed by atoms with Crippen LogP contribution in [0.4, 0.5) is 0 Å². The van der Waals surface area contributed by atoms with Gasteiger partial charge in [-0.25, -0.2) is 0 Å². The Morgan fingerprint density at radius 1 is 1.13 bits per heavy atom. The molecular weight excluding hydrogens is 308 g/mol. The first-order chi connectivity index (χ1) is 11.3. The number of nitriles is 1. The van der Waals surface area contributed by atoms with Crippen LogP contribution in [0.3, 0.4) is 0 Å². The number of para-hydroxylation sites is 1. The van der Waals surface area contributed by atoms with Gasteiger partial charge in [-0.15, -0.1) is 10.2 Å². The van der Waals surface area contributed by atoms with Crippen LogP contribution in [0, 0.1) is 11.3 Å². The monoisotopic (exact) mass is 322 g/mol. The maximum absolute atomic E-state index is 10.3. The van der Waals surface area contributed by atoms with Crippen molar-refractivity contribution in [1.29, 1.82) is 5.26 Å². The predicted molar refractivity (Wildman–Crippen MR) is 88.2 cm³/mol. The van der Waals surface area contributed by atoms with Crippen molar-refractivity contribution in [1.82, 2.24) is 14.8 Å². The average Bonchev–Trinajstić information content (AvgIpc) is 3.09. The second-order valence-corrected chi connectivity index (χ2v) is 5.87. The number of aromatic nitrogens is 3. The lowest BCUT2D eigenvalue weighted by molar-refractivity contribution is 0.204. The molecule has 6 heteroatoms. The molecule has 0 amide bonds. The van der Waals surface area contributed by atoms with Gasteiger partial charge < -0.3 is 5.11 Å². The van der Waals surface area contributed by atoms with Gasteiger partial charge in [-0.3, -0.25) is 4.57 Å². The average molecular weight is 322 g/mol. The van der Waals surface area contributed by atoms with E-state index in [1.807, 2.05) is 34.9 Å². The van der Waals surface area contributed by atoms with Crippen molar-refractivity contribution in [2.45, 2.75) is 11.3 Å². The molecule has 0 spiro atoms. The van der Waals surface area contributed by atoms with Crippen molar-refractivity contribution < 1.29 is 5.11 Å². The van der Waals surface area contributed by atoms with Crippen LogP contribution < -0.4 is 0 Å². The first kappa shape index (κ1) is 15.3. The third kappa shape index (κ3) is 3.59. The van der Waals surface area contributed by atoms with Crippen LogP contribution in [-0.2, 0) is 0 Å². The van der Waals surface area contributed by atoms with Crippen molar-refractivity contribution in [2.24, 2.45) is 0 Å². The van der Waals surface area contributed by atoms with Crippen molar-refractivity contribution in [3.8, 4) is 11.8 Å². The third-order valence-corrected chi connectivity index (χ3v) is 4.36. The van der Waals surface area contributed by atoms with E-state index in [9.17, 15) is 5.11 Å². The Labute approximate surface area is 138 Å². The van der Waals surface area contributed by atoms with Crippen molar-refractivity contribution in [2.75, 3.05) is 5.75 Å². The van der Waals surface area contributed by atoms with Crippen LogP contribution in [-0.4, -0.2) is 25.6 Å². The molecule has 3 aromatic rings. The second kappa shape index (κ2) is 7.09. The highest BCUT2D eigenvalue weighted by Gasteiger charge is 2.12. The summed E-state index contributed by atoms with van der Waals surface area (Å²) in [6.45, 7) is 0. The molecule has 1 heterocycles. The first-order valence-electron chi connectivity index (χ1n) is 7.04. The number of nitrogens with zero attached hydrogens (tertiary/aromatic N) is 4. The Bertz CT molecular complexity index is 809. The molecule has 114 valence electrons. The van der Waals surface area contributed by atoms with E-state index in [1.165, 1.54) is 11.8 Å². The van der Waals surface area contributed by atoms with E-state index < -0.39 is 6.10 Å². The minimum atomic E-state index is -0.631. The summed E-state index contributed by atoms with van der Waals surface area (Å²) in [6.07, 6.45) is 1.03. The lowest BCUT2D eigenvalue weighted by Gasteiger charge is -2.11. The molecule has 3 rings (SSSR count). The fourth-order valence-corrected chi connectivity index (χ4v) is 3.01. The van der Waals surface area contributed by atoms with Crippen LogP contribution >= 0.6 is 11.8 Å². The lowest BCUT2D eigenvalue weighted by Crippen LogP contribution is -2.02. The minimum Gasteiger partial charge on any atom is -0.388 e. The Balaban J connectivity index is 1.69. The van der Waals surface area contributed by atoms with E-state index in [0.717, 1.165) is 16.4 Å². The third-order valence-electron chi connectivity index (χ3n) is 3.35. The summed E-state index contributed by atoms with van der Waals surface area (Å²) in [4.78, 5) is 0. The van der Waals surface area contributed by atoms with E-state index in [0.29, 0.717) is 11.3 Å². The van der Waals surface area contributed by atoms with E-state index in [2.05, 4.69) is 16.3 Å². The predicted octanol–water partition coefficient (Wildman–Crippen LogP) is 2.96. The van der Waals surface area contributed by atoms with Gasteiger partial charge in [-0.05, 0) is 29.8 Å². The molecule has 0 saturated carbocycles. The molecule has 1 atom stereocenters. The standard InChI is InChI=1S/C17H14N4OS/c18-10-13-6-8-14(9-7-13)16(22)11-23-17-20-19-12-21(17)15-4-2-1-3-5-15/h1-9,12,16,22H,11H2. The molecule has 2 aromatic carbocycles. The van der Waals surface area contributed by atoms with Gasteiger partial charge in [0.05, 0.1) is 17.7 Å². The zero-order chi connectivity index (χ0) is 16.1. The molecular formula is C17H14N4OS. The SMILES string of the molecule is N#Cc1ccc(C(O)CSc2nncn2-c2ccccc2)cc1. The largest absolute Gasteiger partial charge is 0.388 e. The maximum atomic E-state index is 10.3. The topological polar surface area (TPSA) is 74.7 Å². The Hall–Kier alpha value is -2.62. The van der Waals surface area contributed by atoms with Gasteiger partial charge in [0.15, 0.2) is 5.16 Å². The molecule has 0 fully saturated rings.